The molecule has 4 heterocycles. The second-order valence-corrected chi connectivity index (χ2v) is 9.30. The van der Waals surface area contributed by atoms with Crippen LogP contribution in [-0.2, 0) is 9.57 Å². The van der Waals surface area contributed by atoms with Crippen LogP contribution in [0, 0.1) is 0 Å². The summed E-state index contributed by atoms with van der Waals surface area (Å²) in [6.45, 7) is 1.59. The molecule has 2 atom stereocenters. The number of likely N-dealkylation sites (N-methyl/N-ethyl adjacent to an activating group) is 1. The number of carbonyl (C=O) groups is 2. The number of amides is 1. The second kappa shape index (κ2) is 8.05. The molecule has 0 unspecified atom stereocenters. The van der Waals surface area contributed by atoms with Crippen molar-refractivity contribution in [2.45, 2.75) is 25.0 Å². The van der Waals surface area contributed by atoms with Gasteiger partial charge in [-0.1, -0.05) is 16.8 Å². The third-order valence-corrected chi connectivity index (χ3v) is 6.90. The Kier molecular flexibility index (Phi) is 5.23. The van der Waals surface area contributed by atoms with Gasteiger partial charge in [0.15, 0.2) is 11.6 Å². The summed E-state index contributed by atoms with van der Waals surface area (Å²) >= 11 is 7.17. The molecule has 1 aromatic carbocycles. The Morgan fingerprint density at radius 2 is 2.19 bits per heavy atom. The maximum atomic E-state index is 12.6. The molecule has 1 aromatic heterocycles. The van der Waals surface area contributed by atoms with Crippen molar-refractivity contribution >= 4 is 46.3 Å². The molecule has 0 spiro atoms. The number of hydrogen-bond donors (Lipinski definition) is 0. The van der Waals surface area contributed by atoms with Crippen molar-refractivity contribution < 1.29 is 23.9 Å². The highest BCUT2D eigenvalue weighted by Crippen LogP contribution is 2.40. The van der Waals surface area contributed by atoms with E-state index in [9.17, 15) is 9.59 Å². The van der Waals surface area contributed by atoms with Gasteiger partial charge in [-0.3, -0.25) is 9.69 Å². The Bertz CT molecular complexity index is 1070. The Balaban J connectivity index is 1.31. The van der Waals surface area contributed by atoms with E-state index in [-0.39, 0.29) is 18.2 Å². The van der Waals surface area contributed by atoms with Crippen LogP contribution in [0.15, 0.2) is 35.5 Å². The van der Waals surface area contributed by atoms with Gasteiger partial charge in [-0.05, 0) is 36.8 Å². The fourth-order valence-electron chi connectivity index (χ4n) is 4.01. The number of anilines is 1. The minimum atomic E-state index is -0.422. The van der Waals surface area contributed by atoms with Gasteiger partial charge in [-0.2, -0.15) is 0 Å². The summed E-state index contributed by atoms with van der Waals surface area (Å²) in [7, 11) is 1.95. The number of carbonyl (C=O) groups excluding carboxylic acids is 2. The van der Waals surface area contributed by atoms with Crippen LogP contribution in [0.4, 0.5) is 10.5 Å². The van der Waals surface area contributed by atoms with Crippen LogP contribution in [0.5, 0.6) is 5.75 Å². The number of halogens is 1. The standard InChI is InChI=1S/C21H20ClN3O5S/c1-24-8-9-29-23-20(24)12-2-3-13-17(10-12)28-11-14-16(30-21(27)25(13)14)5-4-15(26)18-6-7-19(22)31-18/h2-3,6-7,10,14,16H,4-5,8-9,11H2,1H3/t14-,16-/m0/s1. The number of amidine groups is 1. The van der Waals surface area contributed by atoms with Crippen molar-refractivity contribution in [3.05, 3.63) is 45.1 Å². The molecule has 1 amide bonds. The quantitative estimate of drug-likeness (QED) is 0.630. The minimum absolute atomic E-state index is 0.00670. The molecule has 3 aliphatic heterocycles. The van der Waals surface area contributed by atoms with Crippen LogP contribution in [0.1, 0.15) is 28.1 Å². The second-order valence-electron chi connectivity index (χ2n) is 7.59. The summed E-state index contributed by atoms with van der Waals surface area (Å²) in [6, 6.07) is 8.74. The predicted octanol–water partition coefficient (Wildman–Crippen LogP) is 3.77. The number of nitrogens with zero attached hydrogens (tertiary/aromatic N) is 3. The highest BCUT2D eigenvalue weighted by atomic mass is 35.5. The monoisotopic (exact) mass is 461 g/mol. The fourth-order valence-corrected chi connectivity index (χ4v) is 5.02. The van der Waals surface area contributed by atoms with Gasteiger partial charge < -0.3 is 19.2 Å². The van der Waals surface area contributed by atoms with E-state index in [0.717, 1.165) is 12.1 Å². The number of fused-ring (bicyclic) bond motifs is 3. The maximum Gasteiger partial charge on any atom is 0.415 e. The van der Waals surface area contributed by atoms with Crippen LogP contribution < -0.4 is 9.64 Å². The van der Waals surface area contributed by atoms with Crippen LogP contribution in [0.25, 0.3) is 0 Å². The molecule has 0 N–H and O–H groups in total. The average molecular weight is 462 g/mol. The first kappa shape index (κ1) is 20.1. The summed E-state index contributed by atoms with van der Waals surface area (Å²) in [5, 5.41) is 4.13. The molecule has 8 nitrogen and oxygen atoms in total. The molecule has 1 fully saturated rings. The molecule has 2 aromatic rings. The van der Waals surface area contributed by atoms with Crippen LogP contribution in [0.2, 0.25) is 4.34 Å². The maximum absolute atomic E-state index is 12.6. The third kappa shape index (κ3) is 3.72. The number of ketones is 1. The van der Waals surface area contributed by atoms with Crippen LogP contribution in [0.3, 0.4) is 0 Å². The van der Waals surface area contributed by atoms with Crippen molar-refractivity contribution in [1.29, 1.82) is 0 Å². The van der Waals surface area contributed by atoms with E-state index >= 15 is 0 Å². The van der Waals surface area contributed by atoms with Crippen LogP contribution in [-0.4, -0.2) is 61.6 Å². The molecule has 3 aliphatic rings. The Morgan fingerprint density at radius 3 is 2.97 bits per heavy atom. The Labute approximate surface area is 187 Å². The van der Waals surface area contributed by atoms with Crippen LogP contribution >= 0.6 is 22.9 Å². The average Bonchev–Trinajstić information content (AvgIpc) is 3.35. The number of thiophene rings is 1. The summed E-state index contributed by atoms with van der Waals surface area (Å²) in [6.07, 6.45) is -0.134. The van der Waals surface area contributed by atoms with Gasteiger partial charge in [0.25, 0.3) is 0 Å². The van der Waals surface area contributed by atoms with E-state index in [1.165, 1.54) is 11.3 Å². The molecular weight excluding hydrogens is 442 g/mol. The third-order valence-electron chi connectivity index (χ3n) is 5.63. The van der Waals surface area contributed by atoms with Crippen molar-refractivity contribution in [3.8, 4) is 5.75 Å². The van der Waals surface area contributed by atoms with E-state index in [1.807, 2.05) is 30.1 Å². The minimum Gasteiger partial charge on any atom is -0.489 e. The zero-order valence-electron chi connectivity index (χ0n) is 16.7. The molecular formula is C21H20ClN3O5S. The molecule has 10 heteroatoms. The molecule has 1 saturated heterocycles. The van der Waals surface area contributed by atoms with Gasteiger partial charge in [0, 0.05) is 19.0 Å². The van der Waals surface area contributed by atoms with Gasteiger partial charge >= 0.3 is 6.09 Å². The summed E-state index contributed by atoms with van der Waals surface area (Å²) in [5.74, 6) is 1.30. The Hall–Kier alpha value is -2.78. The van der Waals surface area contributed by atoms with E-state index in [4.69, 9.17) is 25.9 Å². The number of hydrogen-bond acceptors (Lipinski definition) is 8. The predicted molar refractivity (Wildman–Crippen MR) is 116 cm³/mol. The molecule has 162 valence electrons. The number of ether oxygens (including phenoxy) is 2. The number of benzene rings is 1. The van der Waals surface area contributed by atoms with Crippen molar-refractivity contribution in [3.63, 3.8) is 0 Å². The summed E-state index contributed by atoms with van der Waals surface area (Å²) in [5.41, 5.74) is 1.51. The molecule has 0 aliphatic carbocycles. The lowest BCUT2D eigenvalue weighted by Crippen LogP contribution is -2.44. The van der Waals surface area contributed by atoms with E-state index < -0.39 is 12.2 Å². The fraction of sp³-hybridized carbons (Fsp3) is 0.381. The Morgan fingerprint density at radius 1 is 1.32 bits per heavy atom. The van der Waals surface area contributed by atoms with Gasteiger partial charge in [0.05, 0.1) is 21.4 Å². The lowest BCUT2D eigenvalue weighted by molar-refractivity contribution is 0.0904. The van der Waals surface area contributed by atoms with Gasteiger partial charge in [-0.15, -0.1) is 11.3 Å². The molecule has 0 radical (unpaired) electrons. The first-order valence-corrected chi connectivity index (χ1v) is 11.2. The summed E-state index contributed by atoms with van der Waals surface area (Å²) < 4.78 is 12.2. The number of Topliss-reactive ketones (excluding diaryl/α,β-unsaturated/α-hetero) is 1. The van der Waals surface area contributed by atoms with E-state index in [0.29, 0.717) is 46.1 Å². The topological polar surface area (TPSA) is 80.7 Å². The number of cyclic esters (lactones) is 1. The summed E-state index contributed by atoms with van der Waals surface area (Å²) in [4.78, 5) is 34.5. The zero-order chi connectivity index (χ0) is 21.5. The largest absolute Gasteiger partial charge is 0.489 e. The molecule has 5 rings (SSSR count). The first-order valence-electron chi connectivity index (χ1n) is 9.98. The SMILES string of the molecule is CN1CCON=C1c1ccc2c(c1)OC[C@H]1[C@H](CCC(=O)c3ccc(Cl)s3)OC(=O)N21. The van der Waals surface area contributed by atoms with Crippen molar-refractivity contribution in [2.75, 3.05) is 31.7 Å². The molecule has 0 bridgehead atoms. The smallest absolute Gasteiger partial charge is 0.415 e. The first-order chi connectivity index (χ1) is 15.0. The highest BCUT2D eigenvalue weighted by molar-refractivity contribution is 7.18. The van der Waals surface area contributed by atoms with Gasteiger partial charge in [0.1, 0.15) is 31.1 Å². The molecule has 31 heavy (non-hydrogen) atoms. The highest BCUT2D eigenvalue weighted by Gasteiger charge is 2.46. The number of rotatable bonds is 5. The lowest BCUT2D eigenvalue weighted by Gasteiger charge is -2.32. The number of oxime groups is 1. The van der Waals surface area contributed by atoms with Crippen molar-refractivity contribution in [2.24, 2.45) is 5.16 Å². The lowest BCUT2D eigenvalue weighted by atomic mass is 10.0. The van der Waals surface area contributed by atoms with Crippen molar-refractivity contribution in [1.82, 2.24) is 4.90 Å². The normalized spacial score (nSPS) is 22.1. The van der Waals surface area contributed by atoms with E-state index in [2.05, 4.69) is 5.16 Å². The molecule has 0 saturated carbocycles. The van der Waals surface area contributed by atoms with E-state index in [1.54, 1.807) is 17.0 Å². The van der Waals surface area contributed by atoms with Gasteiger partial charge in [0.2, 0.25) is 0 Å². The van der Waals surface area contributed by atoms with Gasteiger partial charge in [-0.25, -0.2) is 4.79 Å². The zero-order valence-corrected chi connectivity index (χ0v) is 18.3.